The molecule has 9 nitrogen and oxygen atoms in total. The Balaban J connectivity index is 1.34. The van der Waals surface area contributed by atoms with Gasteiger partial charge in [0.1, 0.15) is 5.82 Å². The van der Waals surface area contributed by atoms with Gasteiger partial charge in [-0.25, -0.2) is 4.52 Å². The Bertz CT molecular complexity index is 1030. The highest BCUT2D eigenvalue weighted by Gasteiger charge is 2.40. The lowest BCUT2D eigenvalue weighted by Crippen LogP contribution is -2.47. The first kappa shape index (κ1) is 17.9. The van der Waals surface area contributed by atoms with Crippen LogP contribution in [0.1, 0.15) is 37.8 Å². The molecule has 3 aromatic heterocycles. The first-order valence-electron chi connectivity index (χ1n) is 10.2. The molecule has 2 bridgehead atoms. The van der Waals surface area contributed by atoms with E-state index < -0.39 is 0 Å². The highest BCUT2D eigenvalue weighted by atomic mass is 15.3. The number of piperidine rings is 1. The number of aryl methyl sites for hydroxylation is 1. The predicted molar refractivity (Wildman–Crippen MR) is 110 cm³/mol. The molecule has 0 saturated carbocycles. The van der Waals surface area contributed by atoms with Crippen molar-refractivity contribution in [1.82, 2.24) is 29.7 Å². The van der Waals surface area contributed by atoms with E-state index in [1.165, 1.54) is 12.8 Å². The van der Waals surface area contributed by atoms with Crippen LogP contribution in [0.2, 0.25) is 0 Å². The normalized spacial score (nSPS) is 23.9. The number of H-pyrrole nitrogens is 1. The van der Waals surface area contributed by atoms with Gasteiger partial charge >= 0.3 is 0 Å². The Morgan fingerprint density at radius 2 is 2.07 bits per heavy atom. The molecule has 9 heteroatoms. The molecule has 29 heavy (non-hydrogen) atoms. The minimum atomic E-state index is 0.393. The minimum Gasteiger partial charge on any atom is -0.367 e. The maximum atomic E-state index is 8.92. The van der Waals surface area contributed by atoms with Crippen LogP contribution in [-0.2, 0) is 0 Å². The molecule has 2 saturated heterocycles. The monoisotopic (exact) mass is 391 g/mol. The number of aromatic amines is 1. The van der Waals surface area contributed by atoms with E-state index in [1.54, 1.807) is 10.7 Å². The Morgan fingerprint density at radius 1 is 1.24 bits per heavy atom. The molecule has 2 aliphatic rings. The summed E-state index contributed by atoms with van der Waals surface area (Å²) in [6.45, 7) is 2.86. The van der Waals surface area contributed by atoms with E-state index in [2.05, 4.69) is 36.9 Å². The van der Waals surface area contributed by atoms with Crippen LogP contribution in [0.25, 0.3) is 5.52 Å². The quantitative estimate of drug-likeness (QED) is 0.593. The van der Waals surface area contributed by atoms with Gasteiger partial charge in [0.25, 0.3) is 0 Å². The van der Waals surface area contributed by atoms with Crippen LogP contribution in [0.4, 0.5) is 17.6 Å². The second-order valence-electron chi connectivity index (χ2n) is 8.04. The maximum Gasteiger partial charge on any atom is 0.232 e. The van der Waals surface area contributed by atoms with Gasteiger partial charge in [-0.05, 0) is 38.7 Å². The van der Waals surface area contributed by atoms with Gasteiger partial charge in [0.05, 0.1) is 17.8 Å². The number of fused-ring (bicyclic) bond motifs is 3. The third kappa shape index (κ3) is 3.51. The molecule has 0 aliphatic carbocycles. The highest BCUT2D eigenvalue weighted by Crippen LogP contribution is 2.36. The largest absolute Gasteiger partial charge is 0.367 e. The van der Waals surface area contributed by atoms with Crippen LogP contribution in [0.5, 0.6) is 0 Å². The van der Waals surface area contributed by atoms with Crippen molar-refractivity contribution in [2.24, 2.45) is 0 Å². The van der Waals surface area contributed by atoms with E-state index in [9.17, 15) is 0 Å². The van der Waals surface area contributed by atoms with Gasteiger partial charge in [0, 0.05) is 48.9 Å². The van der Waals surface area contributed by atoms with Crippen molar-refractivity contribution in [3.05, 3.63) is 30.1 Å². The predicted octanol–water partition coefficient (Wildman–Crippen LogP) is 2.83. The molecule has 3 N–H and O–H groups in total. The van der Waals surface area contributed by atoms with Crippen LogP contribution in [0, 0.1) is 18.3 Å². The first-order valence-corrected chi connectivity index (χ1v) is 10.2. The smallest absolute Gasteiger partial charge is 0.232 e. The number of rotatable bonds is 6. The molecular formula is C20H25N9. The number of anilines is 3. The van der Waals surface area contributed by atoms with Crippen molar-refractivity contribution >= 4 is 23.1 Å². The lowest BCUT2D eigenvalue weighted by molar-refractivity contribution is 0.136. The Kier molecular flexibility index (Phi) is 4.56. The van der Waals surface area contributed by atoms with Gasteiger partial charge < -0.3 is 10.6 Å². The van der Waals surface area contributed by atoms with Gasteiger partial charge in [-0.2, -0.15) is 20.4 Å². The Hall–Kier alpha value is -3.12. The zero-order valence-electron chi connectivity index (χ0n) is 16.5. The van der Waals surface area contributed by atoms with Gasteiger partial charge in [0.2, 0.25) is 5.95 Å². The average Bonchev–Trinajstić information content (AvgIpc) is 3.39. The van der Waals surface area contributed by atoms with Crippen molar-refractivity contribution in [1.29, 1.82) is 5.26 Å². The minimum absolute atomic E-state index is 0.393. The molecular weight excluding hydrogens is 366 g/mol. The summed E-state index contributed by atoms with van der Waals surface area (Å²) in [7, 11) is 0. The fourth-order valence-corrected chi connectivity index (χ4v) is 4.83. The number of nitrogens with one attached hydrogen (secondary N) is 3. The van der Waals surface area contributed by atoms with Crippen molar-refractivity contribution in [3.8, 4) is 6.07 Å². The first-order chi connectivity index (χ1) is 14.2. The molecule has 0 radical (unpaired) electrons. The molecule has 2 aliphatic heterocycles. The van der Waals surface area contributed by atoms with Crippen molar-refractivity contribution in [3.63, 3.8) is 0 Å². The summed E-state index contributed by atoms with van der Waals surface area (Å²) >= 11 is 0. The topological polar surface area (TPSA) is 110 Å². The van der Waals surface area contributed by atoms with Gasteiger partial charge in [-0.3, -0.25) is 10.00 Å². The molecule has 2 fully saturated rings. The highest BCUT2D eigenvalue weighted by molar-refractivity contribution is 5.62. The molecule has 0 amide bonds. The third-order valence-corrected chi connectivity index (χ3v) is 6.05. The van der Waals surface area contributed by atoms with E-state index in [4.69, 9.17) is 10.2 Å². The summed E-state index contributed by atoms with van der Waals surface area (Å²) in [6.07, 6.45) is 7.04. The summed E-state index contributed by atoms with van der Waals surface area (Å²) < 4.78 is 1.78. The Morgan fingerprint density at radius 3 is 2.79 bits per heavy atom. The zero-order valence-corrected chi connectivity index (χ0v) is 16.5. The SMILES string of the molecule is Cc1cc(Nc2nc(NC3CC4CCC(C3)N4CCC#N)cc3ccnn23)n[nH]1. The molecule has 2 atom stereocenters. The third-order valence-electron chi connectivity index (χ3n) is 6.05. The van der Waals surface area contributed by atoms with Crippen LogP contribution < -0.4 is 10.6 Å². The van der Waals surface area contributed by atoms with E-state index >= 15 is 0 Å². The zero-order chi connectivity index (χ0) is 19.8. The van der Waals surface area contributed by atoms with Crippen LogP contribution >= 0.6 is 0 Å². The van der Waals surface area contributed by atoms with Crippen molar-refractivity contribution < 1.29 is 0 Å². The number of nitriles is 1. The van der Waals surface area contributed by atoms with Gasteiger partial charge in [-0.15, -0.1) is 0 Å². The number of hydrogen-bond acceptors (Lipinski definition) is 7. The maximum absolute atomic E-state index is 8.92. The molecule has 5 rings (SSSR count). The summed E-state index contributed by atoms with van der Waals surface area (Å²) in [5.74, 6) is 2.20. The summed E-state index contributed by atoms with van der Waals surface area (Å²) in [5.41, 5.74) is 1.96. The summed E-state index contributed by atoms with van der Waals surface area (Å²) in [4.78, 5) is 7.32. The standard InChI is InChI=1S/C20H25N9/c1-13-9-19(27-26-13)25-20-24-18(12-17-5-7-22-29(17)20)23-14-10-15-3-4-16(11-14)28(15)8-2-6-21/h5,7,9,12,14-16,23H,2-4,8,10-11H2,1H3,(H2,24,25,26,27). The van der Waals surface area contributed by atoms with Gasteiger partial charge in [0.15, 0.2) is 5.82 Å². The molecule has 0 spiro atoms. The fourth-order valence-electron chi connectivity index (χ4n) is 4.83. The lowest BCUT2D eigenvalue weighted by Gasteiger charge is -2.39. The van der Waals surface area contributed by atoms with E-state index in [0.29, 0.717) is 36.3 Å². The number of nitrogens with zero attached hydrogens (tertiary/aromatic N) is 6. The molecule has 150 valence electrons. The average molecular weight is 391 g/mol. The Labute approximate surface area is 169 Å². The summed E-state index contributed by atoms with van der Waals surface area (Å²) in [6, 6.07) is 9.77. The van der Waals surface area contributed by atoms with E-state index in [1.807, 2.05) is 25.1 Å². The number of hydrogen-bond donors (Lipinski definition) is 3. The molecule has 3 aromatic rings. The van der Waals surface area contributed by atoms with Crippen LogP contribution in [0.3, 0.4) is 0 Å². The number of aromatic nitrogens is 5. The summed E-state index contributed by atoms with van der Waals surface area (Å²) in [5, 5.41) is 27.4. The lowest BCUT2D eigenvalue weighted by atomic mass is 9.97. The second kappa shape index (κ2) is 7.37. The van der Waals surface area contributed by atoms with E-state index in [-0.39, 0.29) is 0 Å². The molecule has 5 heterocycles. The van der Waals surface area contributed by atoms with Crippen LogP contribution in [-0.4, -0.2) is 54.4 Å². The van der Waals surface area contributed by atoms with E-state index in [0.717, 1.165) is 36.4 Å². The van der Waals surface area contributed by atoms with Crippen LogP contribution in [0.15, 0.2) is 24.4 Å². The van der Waals surface area contributed by atoms with Crippen molar-refractivity contribution in [2.45, 2.75) is 57.2 Å². The molecule has 2 unspecified atom stereocenters. The van der Waals surface area contributed by atoms with Gasteiger partial charge in [-0.1, -0.05) is 0 Å². The molecule has 0 aromatic carbocycles. The van der Waals surface area contributed by atoms with Crippen molar-refractivity contribution in [2.75, 3.05) is 17.2 Å². The second-order valence-corrected chi connectivity index (χ2v) is 8.04. The fraction of sp³-hybridized carbons (Fsp3) is 0.500.